The number of hydrogen-bond acceptors (Lipinski definition) is 0. The van der Waals surface area contributed by atoms with Gasteiger partial charge in [-0.2, -0.15) is 0 Å². The third kappa shape index (κ3) is 25.6. The van der Waals surface area contributed by atoms with E-state index in [0.717, 1.165) is 100 Å². The van der Waals surface area contributed by atoms with E-state index in [1.54, 1.807) is 135 Å². The van der Waals surface area contributed by atoms with Gasteiger partial charge in [-0.3, -0.25) is 0 Å². The van der Waals surface area contributed by atoms with Crippen LogP contribution in [-0.4, -0.2) is 0 Å². The molecule has 0 saturated heterocycles. The Kier molecular flexibility index (Phi) is 36.0. The Morgan fingerprint density at radius 3 is 0.961 bits per heavy atom. The molecule has 0 heterocycles. The van der Waals surface area contributed by atoms with Crippen molar-refractivity contribution in [1.82, 2.24) is 0 Å². The minimum absolute atomic E-state index is 0.636. The lowest BCUT2D eigenvalue weighted by Crippen LogP contribution is -2.41. The molecule has 0 heteroatoms. The standard InChI is InChI=1S/C16H26.C15H24.C14H22.C14H26.C12H20.C12H22.C12H24.C10H20.C9H18.C8H16.C7H14/c1-9(2)16(3)8-12-7-13(16)15-11-5-4-10(6-11)14(12)15;1-3-15(2)8-11-7-12(15)14-10-5-4-9(6-10)13(11)14;1-14(2)7-10-6-11(14)13-9-4-3-8(5-9)12(10)13;1-11(2)14(3)9-8-12-6-4-5-7-13(12)10-14;1-12(2)7-8-6-11(12)10-5-3-4-9(8)10;1-12(2)9-5-7-10-6-3-4-8-11(10)12;1-12(2)10-8-6-4-3-5-7-9-11-12;1-10(2)8-6-4-3-5-7-9-10;1-9(2)7-5-3-4-6-8-9;1-8(2)6-4-3-5-7-8;1-7(2)5-3-4-6-7/h9-15H,4-8H2,1-3H3;9-14H,3-8H2,1-2H3;8-13H,3-7H2,1-2H3;11-13H,4-10H2,1-3H3;8-11H,3-7H2,1-2H3;10-11H,3-9H2,1-2H3;3-11H2,1-2H3;3-9H2,1-2H3;3-8H2,1-2H3;3-7H2,1-2H3;3-6H2,1-2H3. The van der Waals surface area contributed by atoms with E-state index in [0.29, 0.717) is 54.1 Å². The van der Waals surface area contributed by atoms with Gasteiger partial charge in [0.25, 0.3) is 0 Å². The second kappa shape index (κ2) is 44.2. The molecule has 29 atom stereocenters. The van der Waals surface area contributed by atoms with Gasteiger partial charge in [-0.25, -0.2) is 0 Å². The molecule has 24 rings (SSSR count). The van der Waals surface area contributed by atoms with Crippen molar-refractivity contribution in [3.05, 3.63) is 0 Å². The van der Waals surface area contributed by atoms with Crippen LogP contribution in [0.5, 0.6) is 0 Å². The SMILES string of the molecule is CC(C)C1(C)CC2CC1C1C3CCC(C3)C21.CC(C)C1(C)CCC2CCCCC2C1.CC1(C)CC2CC1C1C3CCC(C3)C21.CC1(C)CC2CC1C1CCCC21.CC1(C)CCCC1.CC1(C)CCCC2CCCCC21.CC1(C)CCCCC1.CC1(C)CCCCCC1.CC1(C)CCCCCCC1.CC1(C)CCCCCCCCC1.CCC1(C)CC2CC1C1C3CCC(C3)C21. The Morgan fingerprint density at radius 2 is 0.527 bits per heavy atom. The quantitative estimate of drug-likeness (QED) is 0.195. The van der Waals surface area contributed by atoms with E-state index in [4.69, 9.17) is 0 Å². The largest absolute Gasteiger partial charge is 0.0649 e. The van der Waals surface area contributed by atoms with Gasteiger partial charge in [0.05, 0.1) is 0 Å². The molecule has 0 spiro atoms. The van der Waals surface area contributed by atoms with Crippen LogP contribution in [0.3, 0.4) is 0 Å². The topological polar surface area (TPSA) is 0 Å². The first-order chi connectivity index (χ1) is 61.0. The van der Waals surface area contributed by atoms with Crippen LogP contribution in [0.25, 0.3) is 0 Å². The fraction of sp³-hybridized carbons (Fsp3) is 1.00. The van der Waals surface area contributed by atoms with Gasteiger partial charge in [0.15, 0.2) is 0 Å². The second-order valence-electron chi connectivity index (χ2n) is 61.2. The molecule has 24 saturated carbocycles. The molecular weight excluding hydrogens is 1550 g/mol. The molecule has 0 aromatic rings. The average Bonchev–Trinajstić information content (AvgIpc) is 1.54. The maximum Gasteiger partial charge on any atom is -0.0269 e. The summed E-state index contributed by atoms with van der Waals surface area (Å²) in [6.45, 7) is 59.0. The number of rotatable bonds is 3. The molecule has 0 aromatic carbocycles. The van der Waals surface area contributed by atoms with Gasteiger partial charge in [0.2, 0.25) is 0 Å². The molecule has 0 N–H and O–H groups in total. The molecule has 0 aromatic heterocycles. The van der Waals surface area contributed by atoms with Crippen LogP contribution in [0.1, 0.15) is 590 Å². The van der Waals surface area contributed by atoms with Crippen LogP contribution in [0.2, 0.25) is 0 Å². The van der Waals surface area contributed by atoms with E-state index >= 15 is 0 Å². The van der Waals surface area contributed by atoms with Gasteiger partial charge < -0.3 is 0 Å². The fourth-order valence-electron chi connectivity index (χ4n) is 39.9. The van der Waals surface area contributed by atoms with Gasteiger partial charge >= 0.3 is 0 Å². The Hall–Kier alpha value is 0. The van der Waals surface area contributed by atoms with E-state index in [1.165, 1.54) is 360 Å². The second-order valence-corrected chi connectivity index (χ2v) is 61.2. The van der Waals surface area contributed by atoms with Gasteiger partial charge in [0, 0.05) is 0 Å². The van der Waals surface area contributed by atoms with Gasteiger partial charge in [0.1, 0.15) is 0 Å². The molecule has 129 heavy (non-hydrogen) atoms. The van der Waals surface area contributed by atoms with Crippen molar-refractivity contribution in [1.29, 1.82) is 0 Å². The maximum absolute atomic E-state index is 2.62. The van der Waals surface area contributed by atoms with E-state index in [-0.39, 0.29) is 0 Å². The summed E-state index contributed by atoms with van der Waals surface area (Å²) in [7, 11) is 0. The van der Waals surface area contributed by atoms with Crippen LogP contribution >= 0.6 is 0 Å². The minimum atomic E-state index is 0.636. The zero-order valence-corrected chi connectivity index (χ0v) is 92.3. The highest BCUT2D eigenvalue weighted by Gasteiger charge is 2.68. The fourth-order valence-corrected chi connectivity index (χ4v) is 39.9. The van der Waals surface area contributed by atoms with E-state index < -0.39 is 0 Å². The maximum atomic E-state index is 2.62. The van der Waals surface area contributed by atoms with Crippen LogP contribution in [0.15, 0.2) is 0 Å². The summed E-state index contributed by atoms with van der Waals surface area (Å²) in [4.78, 5) is 0. The summed E-state index contributed by atoms with van der Waals surface area (Å²) in [5.74, 6) is 31.7. The van der Waals surface area contributed by atoms with E-state index in [2.05, 4.69) is 166 Å². The Balaban J connectivity index is 0.000000116. The lowest BCUT2D eigenvalue weighted by atomic mass is 9.58. The summed E-state index contributed by atoms with van der Waals surface area (Å²) < 4.78 is 0. The molecular formula is C129H232. The van der Waals surface area contributed by atoms with Crippen molar-refractivity contribution in [2.45, 2.75) is 590 Å². The zero-order chi connectivity index (χ0) is 92.3. The van der Waals surface area contributed by atoms with Crippen molar-refractivity contribution in [2.75, 3.05) is 0 Å². The number of hydrogen-bond donors (Lipinski definition) is 0. The zero-order valence-electron chi connectivity index (χ0n) is 92.3. The van der Waals surface area contributed by atoms with Crippen molar-refractivity contribution >= 4 is 0 Å². The van der Waals surface area contributed by atoms with Crippen molar-refractivity contribution in [3.8, 4) is 0 Å². The van der Waals surface area contributed by atoms with E-state index in [9.17, 15) is 0 Å². The third-order valence-electron chi connectivity index (χ3n) is 48.1. The molecule has 29 unspecified atom stereocenters. The van der Waals surface area contributed by atoms with Gasteiger partial charge in [-0.05, 0) is 444 Å². The van der Waals surface area contributed by atoms with Crippen molar-refractivity contribution in [2.24, 2.45) is 225 Å². The minimum Gasteiger partial charge on any atom is -0.0649 e. The van der Waals surface area contributed by atoms with Gasteiger partial charge in [-0.1, -0.05) is 372 Å². The summed E-state index contributed by atoms with van der Waals surface area (Å²) in [5.41, 5.74) is 7.52. The van der Waals surface area contributed by atoms with Crippen LogP contribution in [0.4, 0.5) is 0 Å². The van der Waals surface area contributed by atoms with Crippen molar-refractivity contribution in [3.63, 3.8) is 0 Å². The lowest BCUT2D eigenvalue weighted by molar-refractivity contribution is 0.0145. The molecule has 0 nitrogen and oxygen atoms in total. The first-order valence-electron chi connectivity index (χ1n) is 61.0. The first-order valence-corrected chi connectivity index (χ1v) is 61.0. The van der Waals surface area contributed by atoms with Crippen LogP contribution < -0.4 is 0 Å². The Labute approximate surface area is 809 Å². The molecule has 0 radical (unpaired) electrons. The monoisotopic (exact) mass is 1780 g/mol. The summed E-state index contributed by atoms with van der Waals surface area (Å²) in [6, 6.07) is 0. The molecule has 0 aliphatic heterocycles. The highest BCUT2D eigenvalue weighted by molar-refractivity contribution is 5.17. The highest BCUT2D eigenvalue weighted by atomic mass is 14.7. The summed E-state index contributed by atoms with van der Waals surface area (Å²) in [6.07, 6.45) is 99.9. The summed E-state index contributed by atoms with van der Waals surface area (Å²) >= 11 is 0. The first kappa shape index (κ1) is 105. The molecule has 24 fully saturated rings. The highest BCUT2D eigenvalue weighted by Crippen LogP contribution is 2.76. The molecule has 24 aliphatic carbocycles. The molecule has 0 amide bonds. The van der Waals surface area contributed by atoms with Gasteiger partial charge in [-0.15, -0.1) is 0 Å². The van der Waals surface area contributed by atoms with Crippen LogP contribution in [-0.2, 0) is 0 Å². The smallest absolute Gasteiger partial charge is 0.0269 e. The molecule has 14 bridgehead atoms. The third-order valence-corrected chi connectivity index (χ3v) is 48.1. The van der Waals surface area contributed by atoms with Crippen molar-refractivity contribution < 1.29 is 0 Å². The average molecular weight is 1780 g/mol. The lowest BCUT2D eigenvalue weighted by Gasteiger charge is -2.47. The summed E-state index contributed by atoms with van der Waals surface area (Å²) in [5, 5.41) is 0. The number of fused-ring (bicyclic) bond motifs is 34. The Bertz CT molecular complexity index is 3260. The normalized spacial score (nSPS) is 45.3. The van der Waals surface area contributed by atoms with E-state index in [1.807, 2.05) is 0 Å². The predicted molar refractivity (Wildman–Crippen MR) is 565 cm³/mol. The predicted octanol–water partition coefficient (Wildman–Crippen LogP) is 41.5. The molecule has 24 aliphatic rings. The Morgan fingerprint density at radius 1 is 0.194 bits per heavy atom. The van der Waals surface area contributed by atoms with Crippen LogP contribution in [0, 0.1) is 225 Å². The molecule has 748 valence electrons.